The van der Waals surface area contributed by atoms with Gasteiger partial charge in [-0.1, -0.05) is 73.7 Å². The minimum atomic E-state index is -4.27. The number of amides is 2. The Morgan fingerprint density at radius 3 is 2.07 bits per heavy atom. The molecule has 4 rings (SSSR count). The number of benzene rings is 4. The molecule has 1 N–H and O–H groups in total. The van der Waals surface area contributed by atoms with E-state index in [0.717, 1.165) is 9.87 Å². The largest absolute Gasteiger partial charge is 0.494 e. The van der Waals surface area contributed by atoms with E-state index in [0.29, 0.717) is 18.8 Å². The Labute approximate surface area is 270 Å². The number of hydrogen-bond acceptors (Lipinski definition) is 5. The molecule has 0 spiro atoms. The number of ether oxygens (including phenoxy) is 1. The molecule has 0 aliphatic carbocycles. The minimum absolute atomic E-state index is 0.0383. The Morgan fingerprint density at radius 1 is 0.848 bits per heavy atom. The van der Waals surface area contributed by atoms with Gasteiger partial charge in [-0.2, -0.15) is 0 Å². The van der Waals surface area contributed by atoms with Gasteiger partial charge in [0.1, 0.15) is 24.2 Å². The molecule has 0 unspecified atom stereocenters. The number of nitrogens with zero attached hydrogens (tertiary/aromatic N) is 2. The molecule has 10 heteroatoms. The van der Waals surface area contributed by atoms with Crippen LogP contribution in [0.3, 0.4) is 0 Å². The molecule has 0 fully saturated rings. The molecule has 4 aromatic rings. The molecule has 46 heavy (non-hydrogen) atoms. The molecule has 0 saturated carbocycles. The lowest BCUT2D eigenvalue weighted by molar-refractivity contribution is -0.140. The van der Waals surface area contributed by atoms with E-state index >= 15 is 4.39 Å². The molecule has 8 nitrogen and oxygen atoms in total. The number of halogens is 1. The first kappa shape index (κ1) is 34.2. The van der Waals surface area contributed by atoms with Crippen LogP contribution in [0.25, 0.3) is 0 Å². The standard InChI is InChI=1S/C36H40FN3O5S/c1-4-27(3)38-36(42)34(24-28-14-8-6-9-15-28)39(25-29-16-12-13-19-33(29)37)35(41)26-40(30-17-10-7-11-18-30)46(43,44)32-22-20-31(21-23-32)45-5-2/h6-23,27,34H,4-5,24-26H2,1-3H3,(H,38,42)/t27-,34+/m0/s1. The van der Waals surface area contributed by atoms with Crippen molar-refractivity contribution < 1.29 is 27.1 Å². The number of para-hydroxylation sites is 1. The summed E-state index contributed by atoms with van der Waals surface area (Å²) in [7, 11) is -4.27. The number of anilines is 1. The van der Waals surface area contributed by atoms with Gasteiger partial charge in [-0.25, -0.2) is 12.8 Å². The summed E-state index contributed by atoms with van der Waals surface area (Å²) in [6.45, 7) is 5.17. The van der Waals surface area contributed by atoms with Crippen molar-refractivity contribution in [3.63, 3.8) is 0 Å². The molecule has 2 atom stereocenters. The number of nitrogens with one attached hydrogen (secondary N) is 1. The highest BCUT2D eigenvalue weighted by Gasteiger charge is 2.35. The quantitative estimate of drug-likeness (QED) is 0.172. The molecule has 0 aliphatic rings. The first-order valence-electron chi connectivity index (χ1n) is 15.3. The Bertz CT molecular complexity index is 1690. The van der Waals surface area contributed by atoms with Crippen LogP contribution >= 0.6 is 0 Å². The van der Waals surface area contributed by atoms with E-state index in [1.165, 1.54) is 23.1 Å². The van der Waals surface area contributed by atoms with Gasteiger partial charge in [-0.05, 0) is 68.3 Å². The van der Waals surface area contributed by atoms with Crippen LogP contribution in [-0.4, -0.2) is 50.4 Å². The van der Waals surface area contributed by atoms with Gasteiger partial charge in [0.2, 0.25) is 11.8 Å². The summed E-state index contributed by atoms with van der Waals surface area (Å²) in [5.74, 6) is -1.11. The molecule has 0 radical (unpaired) electrons. The zero-order chi connectivity index (χ0) is 33.1. The number of sulfonamides is 1. The second-order valence-electron chi connectivity index (χ2n) is 10.9. The fraction of sp³-hybridized carbons (Fsp3) is 0.278. The number of hydrogen-bond donors (Lipinski definition) is 1. The van der Waals surface area contributed by atoms with Gasteiger partial charge in [0, 0.05) is 24.6 Å². The molecule has 0 aliphatic heterocycles. The molecule has 0 aromatic heterocycles. The van der Waals surface area contributed by atoms with Crippen LogP contribution in [0.1, 0.15) is 38.3 Å². The average Bonchev–Trinajstić information content (AvgIpc) is 3.07. The number of rotatable bonds is 15. The monoisotopic (exact) mass is 645 g/mol. The van der Waals surface area contributed by atoms with Crippen molar-refractivity contribution in [2.45, 2.75) is 57.1 Å². The van der Waals surface area contributed by atoms with Crippen LogP contribution in [0.4, 0.5) is 10.1 Å². The van der Waals surface area contributed by atoms with Crippen LogP contribution in [-0.2, 0) is 32.6 Å². The Morgan fingerprint density at radius 2 is 1.46 bits per heavy atom. The van der Waals surface area contributed by atoms with E-state index in [1.807, 2.05) is 51.1 Å². The predicted molar refractivity (Wildman–Crippen MR) is 177 cm³/mol. The summed E-state index contributed by atoms with van der Waals surface area (Å²) < 4.78 is 49.8. The van der Waals surface area contributed by atoms with Crippen LogP contribution in [0.5, 0.6) is 5.75 Å². The first-order chi connectivity index (χ1) is 22.1. The van der Waals surface area contributed by atoms with E-state index in [-0.39, 0.29) is 35.2 Å². The minimum Gasteiger partial charge on any atom is -0.494 e. The molecule has 0 saturated heterocycles. The van der Waals surface area contributed by atoms with Crippen molar-refractivity contribution >= 4 is 27.5 Å². The van der Waals surface area contributed by atoms with E-state index in [4.69, 9.17) is 4.74 Å². The highest BCUT2D eigenvalue weighted by atomic mass is 32.2. The lowest BCUT2D eigenvalue weighted by Crippen LogP contribution is -2.54. The summed E-state index contributed by atoms with van der Waals surface area (Å²) >= 11 is 0. The molecule has 0 heterocycles. The maximum atomic E-state index is 15.0. The molecule has 0 bridgehead atoms. The third-order valence-corrected chi connectivity index (χ3v) is 9.40. The van der Waals surface area contributed by atoms with Crippen molar-refractivity contribution in [3.05, 3.63) is 126 Å². The third-order valence-electron chi connectivity index (χ3n) is 7.62. The molecule has 4 aromatic carbocycles. The summed E-state index contributed by atoms with van der Waals surface area (Å²) in [4.78, 5) is 29.5. The van der Waals surface area contributed by atoms with Crippen molar-refractivity contribution in [2.24, 2.45) is 0 Å². The maximum Gasteiger partial charge on any atom is 0.264 e. The Balaban J connectivity index is 1.79. The maximum absolute atomic E-state index is 15.0. The van der Waals surface area contributed by atoms with Gasteiger partial charge < -0.3 is 15.0 Å². The van der Waals surface area contributed by atoms with Crippen molar-refractivity contribution in [3.8, 4) is 5.75 Å². The Kier molecular flexibility index (Phi) is 11.9. The lowest BCUT2D eigenvalue weighted by atomic mass is 10.0. The highest BCUT2D eigenvalue weighted by molar-refractivity contribution is 7.92. The van der Waals surface area contributed by atoms with Gasteiger partial charge in [0.05, 0.1) is 17.2 Å². The van der Waals surface area contributed by atoms with Gasteiger partial charge in [-0.15, -0.1) is 0 Å². The van der Waals surface area contributed by atoms with E-state index in [1.54, 1.807) is 60.7 Å². The zero-order valence-corrected chi connectivity index (χ0v) is 27.1. The summed E-state index contributed by atoms with van der Waals surface area (Å²) in [6.07, 6.45) is 0.799. The lowest BCUT2D eigenvalue weighted by Gasteiger charge is -2.34. The van der Waals surface area contributed by atoms with Crippen LogP contribution in [0.15, 0.2) is 114 Å². The molecule has 242 valence electrons. The number of carbonyl (C=O) groups excluding carboxylic acids is 2. The highest BCUT2D eigenvalue weighted by Crippen LogP contribution is 2.26. The SMILES string of the molecule is CCOc1ccc(S(=O)(=O)N(CC(=O)N(Cc2ccccc2F)[C@H](Cc2ccccc2)C(=O)N[C@@H](C)CC)c2ccccc2)cc1. The summed E-state index contributed by atoms with van der Waals surface area (Å²) in [5, 5.41) is 2.97. The zero-order valence-electron chi connectivity index (χ0n) is 26.3. The van der Waals surface area contributed by atoms with Crippen LogP contribution in [0, 0.1) is 5.82 Å². The van der Waals surface area contributed by atoms with Crippen molar-refractivity contribution in [2.75, 3.05) is 17.5 Å². The summed E-state index contributed by atoms with van der Waals surface area (Å²) in [6, 6.07) is 28.3. The van der Waals surface area contributed by atoms with Crippen LogP contribution in [0.2, 0.25) is 0 Å². The van der Waals surface area contributed by atoms with Gasteiger partial charge in [0.15, 0.2) is 0 Å². The fourth-order valence-electron chi connectivity index (χ4n) is 4.93. The smallest absolute Gasteiger partial charge is 0.264 e. The first-order valence-corrected chi connectivity index (χ1v) is 16.8. The van der Waals surface area contributed by atoms with E-state index < -0.39 is 40.2 Å². The van der Waals surface area contributed by atoms with E-state index in [9.17, 15) is 18.0 Å². The topological polar surface area (TPSA) is 96.0 Å². The predicted octanol–water partition coefficient (Wildman–Crippen LogP) is 5.97. The molecular weight excluding hydrogens is 605 g/mol. The molecular formula is C36H40FN3O5S. The summed E-state index contributed by atoms with van der Waals surface area (Å²) in [5.41, 5.74) is 1.25. The Hall–Kier alpha value is -4.70. The van der Waals surface area contributed by atoms with Crippen LogP contribution < -0.4 is 14.4 Å². The normalized spacial score (nSPS) is 12.5. The third kappa shape index (κ3) is 8.72. The van der Waals surface area contributed by atoms with Crippen molar-refractivity contribution in [1.82, 2.24) is 10.2 Å². The fourth-order valence-corrected chi connectivity index (χ4v) is 6.34. The van der Waals surface area contributed by atoms with Gasteiger partial charge >= 0.3 is 0 Å². The second-order valence-corrected chi connectivity index (χ2v) is 12.8. The second kappa shape index (κ2) is 16.0. The number of carbonyl (C=O) groups is 2. The van der Waals surface area contributed by atoms with Crippen molar-refractivity contribution in [1.29, 1.82) is 0 Å². The van der Waals surface area contributed by atoms with E-state index in [2.05, 4.69) is 5.32 Å². The molecule has 2 amide bonds. The average molecular weight is 646 g/mol. The van der Waals surface area contributed by atoms with Gasteiger partial charge in [-0.3, -0.25) is 13.9 Å². The van der Waals surface area contributed by atoms with Gasteiger partial charge in [0.25, 0.3) is 10.0 Å².